The molecule has 106 valence electrons. The van der Waals surface area contributed by atoms with Crippen molar-refractivity contribution in [1.82, 2.24) is 5.32 Å². The highest BCUT2D eigenvalue weighted by atomic mass is 16.5. The van der Waals surface area contributed by atoms with Crippen molar-refractivity contribution in [3.8, 4) is 0 Å². The first-order valence-corrected chi connectivity index (χ1v) is 7.07. The molecule has 0 unspecified atom stereocenters. The molecule has 3 rings (SSSR count). The Hall–Kier alpha value is -1.81. The largest absolute Gasteiger partial charge is 0.451 e. The SMILES string of the molecule is Cc1c(C(=O)N[C@@H](C)[C@@H]2CCCO2)oc2ccccc12. The molecule has 0 radical (unpaired) electrons. The van der Waals surface area contributed by atoms with E-state index in [-0.39, 0.29) is 18.1 Å². The molecule has 4 heteroatoms. The first kappa shape index (κ1) is 13.2. The molecular weight excluding hydrogens is 254 g/mol. The maximum atomic E-state index is 12.3. The Bertz CT molecular complexity index is 626. The van der Waals surface area contributed by atoms with Crippen LogP contribution in [0.1, 0.15) is 35.9 Å². The molecule has 20 heavy (non-hydrogen) atoms. The van der Waals surface area contributed by atoms with Crippen molar-refractivity contribution in [2.45, 2.75) is 38.8 Å². The van der Waals surface area contributed by atoms with E-state index in [2.05, 4.69) is 5.32 Å². The zero-order chi connectivity index (χ0) is 14.1. The van der Waals surface area contributed by atoms with Gasteiger partial charge < -0.3 is 14.5 Å². The first-order chi connectivity index (χ1) is 9.66. The molecule has 2 heterocycles. The third kappa shape index (κ3) is 2.31. The topological polar surface area (TPSA) is 51.5 Å². The third-order valence-corrected chi connectivity index (χ3v) is 3.93. The van der Waals surface area contributed by atoms with E-state index >= 15 is 0 Å². The minimum atomic E-state index is -0.165. The Morgan fingerprint density at radius 3 is 2.90 bits per heavy atom. The molecule has 1 aromatic carbocycles. The Morgan fingerprint density at radius 2 is 2.20 bits per heavy atom. The summed E-state index contributed by atoms with van der Waals surface area (Å²) in [7, 11) is 0. The molecule has 4 nitrogen and oxygen atoms in total. The van der Waals surface area contributed by atoms with Crippen LogP contribution in [0.5, 0.6) is 0 Å². The maximum Gasteiger partial charge on any atom is 0.287 e. The molecule has 1 aliphatic rings. The molecule has 0 aliphatic carbocycles. The van der Waals surface area contributed by atoms with Crippen LogP contribution in [0.25, 0.3) is 11.0 Å². The number of aryl methyl sites for hydroxylation is 1. The summed E-state index contributed by atoms with van der Waals surface area (Å²) in [6.45, 7) is 4.68. The van der Waals surface area contributed by atoms with Crippen LogP contribution in [0.2, 0.25) is 0 Å². The van der Waals surface area contributed by atoms with Gasteiger partial charge in [-0.2, -0.15) is 0 Å². The van der Waals surface area contributed by atoms with Gasteiger partial charge in [0.1, 0.15) is 5.58 Å². The van der Waals surface area contributed by atoms with Gasteiger partial charge in [-0.05, 0) is 32.8 Å². The number of furan rings is 1. The normalized spacial score (nSPS) is 20.2. The fourth-order valence-corrected chi connectivity index (χ4v) is 2.75. The lowest BCUT2D eigenvalue weighted by molar-refractivity contribution is 0.0697. The van der Waals surface area contributed by atoms with Crippen LogP contribution in [0.3, 0.4) is 0 Å². The summed E-state index contributed by atoms with van der Waals surface area (Å²) in [5.74, 6) is 0.234. The van der Waals surface area contributed by atoms with Gasteiger partial charge in [-0.1, -0.05) is 18.2 Å². The van der Waals surface area contributed by atoms with Gasteiger partial charge in [0.2, 0.25) is 0 Å². The van der Waals surface area contributed by atoms with E-state index in [1.807, 2.05) is 38.1 Å². The lowest BCUT2D eigenvalue weighted by atomic mass is 10.1. The second-order valence-electron chi connectivity index (χ2n) is 5.37. The number of amides is 1. The number of carbonyl (C=O) groups is 1. The zero-order valence-corrected chi connectivity index (χ0v) is 11.8. The minimum absolute atomic E-state index is 0.00221. The highest BCUT2D eigenvalue weighted by molar-refractivity contribution is 5.99. The van der Waals surface area contributed by atoms with Gasteiger partial charge in [0, 0.05) is 17.6 Å². The van der Waals surface area contributed by atoms with Gasteiger partial charge in [-0.25, -0.2) is 0 Å². The summed E-state index contributed by atoms with van der Waals surface area (Å²) >= 11 is 0. The van der Waals surface area contributed by atoms with Crippen LogP contribution < -0.4 is 5.32 Å². The number of nitrogens with one attached hydrogen (secondary N) is 1. The van der Waals surface area contributed by atoms with Crippen LogP contribution in [0.15, 0.2) is 28.7 Å². The van der Waals surface area contributed by atoms with Gasteiger partial charge in [-0.3, -0.25) is 4.79 Å². The number of benzene rings is 1. The highest BCUT2D eigenvalue weighted by Crippen LogP contribution is 2.25. The van der Waals surface area contributed by atoms with E-state index in [0.29, 0.717) is 5.76 Å². The Kier molecular flexibility index (Phi) is 3.49. The average Bonchev–Trinajstić information content (AvgIpc) is 3.07. The number of ether oxygens (including phenoxy) is 1. The number of hydrogen-bond donors (Lipinski definition) is 1. The van der Waals surface area contributed by atoms with Crippen LogP contribution in [-0.2, 0) is 4.74 Å². The molecule has 1 fully saturated rings. The molecule has 1 amide bonds. The second kappa shape index (κ2) is 5.29. The summed E-state index contributed by atoms with van der Waals surface area (Å²) < 4.78 is 11.3. The fraction of sp³-hybridized carbons (Fsp3) is 0.438. The minimum Gasteiger partial charge on any atom is -0.451 e. The third-order valence-electron chi connectivity index (χ3n) is 3.93. The summed E-state index contributed by atoms with van der Waals surface area (Å²) in [4.78, 5) is 12.3. The van der Waals surface area contributed by atoms with Crippen LogP contribution in [-0.4, -0.2) is 24.7 Å². The average molecular weight is 273 g/mol. The maximum absolute atomic E-state index is 12.3. The standard InChI is InChI=1S/C16H19NO3/c1-10-12-6-3-4-7-14(12)20-15(10)16(18)17-11(2)13-8-5-9-19-13/h3-4,6-7,11,13H,5,8-9H2,1-2H3,(H,17,18)/t11-,13-/m0/s1. The van der Waals surface area contributed by atoms with Crippen molar-refractivity contribution < 1.29 is 13.9 Å². The Morgan fingerprint density at radius 1 is 1.40 bits per heavy atom. The molecule has 1 aliphatic heterocycles. The van der Waals surface area contributed by atoms with E-state index < -0.39 is 0 Å². The molecule has 1 N–H and O–H groups in total. The number of fused-ring (bicyclic) bond motifs is 1. The summed E-state index contributed by atoms with van der Waals surface area (Å²) in [6, 6.07) is 7.69. The van der Waals surface area contributed by atoms with Gasteiger partial charge in [-0.15, -0.1) is 0 Å². The number of hydrogen-bond acceptors (Lipinski definition) is 3. The molecule has 0 bridgehead atoms. The van der Waals surface area contributed by atoms with Crippen molar-refractivity contribution in [1.29, 1.82) is 0 Å². The van der Waals surface area contributed by atoms with Gasteiger partial charge >= 0.3 is 0 Å². The summed E-state index contributed by atoms with van der Waals surface area (Å²) in [6.07, 6.45) is 2.18. The summed E-state index contributed by atoms with van der Waals surface area (Å²) in [5, 5.41) is 3.97. The quantitative estimate of drug-likeness (QED) is 0.935. The number of carbonyl (C=O) groups excluding carboxylic acids is 1. The smallest absolute Gasteiger partial charge is 0.287 e. The molecule has 2 aromatic rings. The van der Waals surface area contributed by atoms with E-state index in [4.69, 9.17) is 9.15 Å². The van der Waals surface area contributed by atoms with E-state index in [0.717, 1.165) is 36.0 Å². The summed E-state index contributed by atoms with van der Waals surface area (Å²) in [5.41, 5.74) is 1.64. The molecule has 1 saturated heterocycles. The van der Waals surface area contributed by atoms with Crippen LogP contribution in [0.4, 0.5) is 0 Å². The first-order valence-electron chi connectivity index (χ1n) is 7.07. The van der Waals surface area contributed by atoms with Crippen LogP contribution >= 0.6 is 0 Å². The van der Waals surface area contributed by atoms with Gasteiger partial charge in [0.05, 0.1) is 12.1 Å². The van der Waals surface area contributed by atoms with E-state index in [1.165, 1.54) is 0 Å². The Balaban J connectivity index is 1.80. The number of para-hydroxylation sites is 1. The zero-order valence-electron chi connectivity index (χ0n) is 11.8. The lowest BCUT2D eigenvalue weighted by Crippen LogP contribution is -2.40. The predicted molar refractivity (Wildman–Crippen MR) is 76.9 cm³/mol. The van der Waals surface area contributed by atoms with Gasteiger partial charge in [0.15, 0.2) is 5.76 Å². The van der Waals surface area contributed by atoms with Crippen LogP contribution in [0, 0.1) is 6.92 Å². The highest BCUT2D eigenvalue weighted by Gasteiger charge is 2.26. The van der Waals surface area contributed by atoms with E-state index in [9.17, 15) is 4.79 Å². The number of rotatable bonds is 3. The van der Waals surface area contributed by atoms with Crippen molar-refractivity contribution >= 4 is 16.9 Å². The molecular formula is C16H19NO3. The second-order valence-corrected chi connectivity index (χ2v) is 5.37. The van der Waals surface area contributed by atoms with Crippen molar-refractivity contribution in [2.24, 2.45) is 0 Å². The van der Waals surface area contributed by atoms with Crippen molar-refractivity contribution in [3.05, 3.63) is 35.6 Å². The molecule has 1 aromatic heterocycles. The van der Waals surface area contributed by atoms with Crippen molar-refractivity contribution in [2.75, 3.05) is 6.61 Å². The molecule has 0 saturated carbocycles. The molecule has 0 spiro atoms. The lowest BCUT2D eigenvalue weighted by Gasteiger charge is -2.19. The van der Waals surface area contributed by atoms with Gasteiger partial charge in [0.25, 0.3) is 5.91 Å². The van der Waals surface area contributed by atoms with E-state index in [1.54, 1.807) is 0 Å². The predicted octanol–water partition coefficient (Wildman–Crippen LogP) is 3.04. The van der Waals surface area contributed by atoms with Crippen molar-refractivity contribution in [3.63, 3.8) is 0 Å². The monoisotopic (exact) mass is 273 g/mol. The molecule has 2 atom stereocenters. The Labute approximate surface area is 118 Å². The fourth-order valence-electron chi connectivity index (χ4n) is 2.75.